The van der Waals surface area contributed by atoms with Gasteiger partial charge in [0.25, 0.3) is 0 Å². The minimum absolute atomic E-state index is 0.0526. The lowest BCUT2D eigenvalue weighted by atomic mass is 10.1. The molecule has 0 aliphatic heterocycles. The molecule has 0 radical (unpaired) electrons. The van der Waals surface area contributed by atoms with Crippen molar-refractivity contribution < 1.29 is 0 Å². The normalized spacial score (nSPS) is 10.9. The summed E-state index contributed by atoms with van der Waals surface area (Å²) in [4.78, 5) is 16.6. The van der Waals surface area contributed by atoms with Crippen molar-refractivity contribution in [2.45, 2.75) is 6.92 Å². The van der Waals surface area contributed by atoms with E-state index in [1.807, 2.05) is 43.3 Å². The zero-order chi connectivity index (χ0) is 11.8. The van der Waals surface area contributed by atoms with Crippen molar-refractivity contribution in [2.75, 3.05) is 0 Å². The van der Waals surface area contributed by atoms with Crippen LogP contribution in [0.5, 0.6) is 0 Å². The maximum absolute atomic E-state index is 12.4. The molecule has 0 amide bonds. The molecule has 0 spiro atoms. The maximum atomic E-state index is 12.4. The summed E-state index contributed by atoms with van der Waals surface area (Å²) in [6, 6.07) is 13.4. The lowest BCUT2D eigenvalue weighted by Gasteiger charge is -1.94. The third-order valence-corrected chi connectivity index (χ3v) is 2.96. The van der Waals surface area contributed by atoms with Crippen molar-refractivity contribution in [1.82, 2.24) is 4.98 Å². The van der Waals surface area contributed by atoms with E-state index in [9.17, 15) is 4.79 Å². The Bertz CT molecular complexity index is 778. The van der Waals surface area contributed by atoms with Gasteiger partial charge in [-0.3, -0.25) is 9.78 Å². The van der Waals surface area contributed by atoms with Crippen LogP contribution < -0.4 is 5.43 Å². The van der Waals surface area contributed by atoms with Crippen LogP contribution in [-0.4, -0.2) is 4.98 Å². The van der Waals surface area contributed by atoms with Gasteiger partial charge in [0.1, 0.15) is 0 Å². The molecule has 1 aromatic heterocycles. The fourth-order valence-corrected chi connectivity index (χ4v) is 2.07. The minimum atomic E-state index is 0.0526. The molecule has 3 rings (SSSR count). The van der Waals surface area contributed by atoms with Gasteiger partial charge in [0.2, 0.25) is 0 Å². The first-order valence-corrected chi connectivity index (χ1v) is 5.54. The standard InChI is InChI=1S/C15H11NO/c1-10-4-5-11-6-7-14-12(3-2-8-16-14)15(17)13(11)9-10/h2-9H,1H3. The third kappa shape index (κ3) is 1.58. The molecule has 82 valence electrons. The van der Waals surface area contributed by atoms with Gasteiger partial charge >= 0.3 is 0 Å². The van der Waals surface area contributed by atoms with Crippen LogP contribution in [0.4, 0.5) is 0 Å². The van der Waals surface area contributed by atoms with Crippen molar-refractivity contribution in [3.63, 3.8) is 0 Å². The molecular weight excluding hydrogens is 210 g/mol. The van der Waals surface area contributed by atoms with Gasteiger partial charge in [-0.25, -0.2) is 0 Å². The minimum Gasteiger partial charge on any atom is -0.289 e. The molecule has 3 aromatic rings. The molecule has 2 heteroatoms. The number of benzene rings is 1. The zero-order valence-electron chi connectivity index (χ0n) is 9.47. The molecule has 0 aliphatic rings. The summed E-state index contributed by atoms with van der Waals surface area (Å²) in [6.45, 7) is 1.99. The molecule has 0 saturated heterocycles. The maximum Gasteiger partial charge on any atom is 0.195 e. The molecule has 0 aliphatic carbocycles. The lowest BCUT2D eigenvalue weighted by molar-refractivity contribution is 1.42. The van der Waals surface area contributed by atoms with Crippen LogP contribution in [0.3, 0.4) is 0 Å². The van der Waals surface area contributed by atoms with Crippen molar-refractivity contribution in [1.29, 1.82) is 0 Å². The first kappa shape index (κ1) is 9.97. The van der Waals surface area contributed by atoms with Crippen LogP contribution in [0.15, 0.2) is 53.5 Å². The monoisotopic (exact) mass is 221 g/mol. The number of aryl methyl sites for hydroxylation is 1. The second-order valence-electron chi connectivity index (χ2n) is 4.19. The van der Waals surface area contributed by atoms with E-state index >= 15 is 0 Å². The number of fused-ring (bicyclic) bond motifs is 2. The van der Waals surface area contributed by atoms with E-state index in [2.05, 4.69) is 4.98 Å². The fraction of sp³-hybridized carbons (Fsp3) is 0.0667. The summed E-state index contributed by atoms with van der Waals surface area (Å²) in [5.41, 5.74) is 1.89. The second-order valence-corrected chi connectivity index (χ2v) is 4.19. The Balaban J connectivity index is 2.65. The van der Waals surface area contributed by atoms with Gasteiger partial charge in [-0.2, -0.15) is 0 Å². The number of aromatic nitrogens is 1. The van der Waals surface area contributed by atoms with E-state index in [-0.39, 0.29) is 5.43 Å². The second kappa shape index (κ2) is 3.67. The molecule has 0 saturated carbocycles. The summed E-state index contributed by atoms with van der Waals surface area (Å²) < 4.78 is 0. The Morgan fingerprint density at radius 3 is 2.71 bits per heavy atom. The summed E-state index contributed by atoms with van der Waals surface area (Å²) in [5, 5.41) is 2.39. The van der Waals surface area contributed by atoms with Crippen LogP contribution in [0, 0.1) is 6.92 Å². The van der Waals surface area contributed by atoms with E-state index in [4.69, 9.17) is 0 Å². The highest BCUT2D eigenvalue weighted by molar-refractivity contribution is 5.91. The van der Waals surface area contributed by atoms with E-state index in [0.29, 0.717) is 5.39 Å². The molecule has 0 bridgehead atoms. The largest absolute Gasteiger partial charge is 0.289 e. The summed E-state index contributed by atoms with van der Waals surface area (Å²) in [6.07, 6.45) is 1.71. The van der Waals surface area contributed by atoms with Gasteiger partial charge in [-0.1, -0.05) is 23.8 Å². The van der Waals surface area contributed by atoms with Crippen molar-refractivity contribution in [2.24, 2.45) is 0 Å². The van der Waals surface area contributed by atoms with E-state index in [0.717, 1.165) is 21.9 Å². The zero-order valence-corrected chi connectivity index (χ0v) is 9.47. The predicted octanol–water partition coefficient (Wildman–Crippen LogP) is 3.06. The molecule has 0 unspecified atom stereocenters. The molecule has 2 nitrogen and oxygen atoms in total. The molecular formula is C15H11NO. The molecule has 0 fully saturated rings. The average molecular weight is 221 g/mol. The van der Waals surface area contributed by atoms with Crippen LogP contribution in [-0.2, 0) is 0 Å². The predicted molar refractivity (Wildman–Crippen MR) is 70.3 cm³/mol. The molecule has 0 N–H and O–H groups in total. The number of rotatable bonds is 0. The van der Waals surface area contributed by atoms with Crippen LogP contribution >= 0.6 is 0 Å². The number of hydrogen-bond acceptors (Lipinski definition) is 2. The van der Waals surface area contributed by atoms with Gasteiger partial charge in [0.15, 0.2) is 5.43 Å². The van der Waals surface area contributed by atoms with Gasteiger partial charge in [-0.15, -0.1) is 0 Å². The first-order valence-electron chi connectivity index (χ1n) is 5.54. The third-order valence-electron chi connectivity index (χ3n) is 2.96. The topological polar surface area (TPSA) is 30.0 Å². The highest BCUT2D eigenvalue weighted by atomic mass is 16.1. The lowest BCUT2D eigenvalue weighted by Crippen LogP contribution is -1.98. The van der Waals surface area contributed by atoms with Crippen LogP contribution in [0.1, 0.15) is 5.56 Å². The Morgan fingerprint density at radius 1 is 1.00 bits per heavy atom. The SMILES string of the molecule is Cc1ccc2ccc3ncccc3c(=O)c2c1. The van der Waals surface area contributed by atoms with E-state index < -0.39 is 0 Å². The number of nitrogens with zero attached hydrogens (tertiary/aromatic N) is 1. The Labute approximate surface area is 98.6 Å². The first-order chi connectivity index (χ1) is 8.25. The molecule has 2 aromatic carbocycles. The quantitative estimate of drug-likeness (QED) is 0.584. The van der Waals surface area contributed by atoms with Crippen molar-refractivity contribution >= 4 is 21.7 Å². The summed E-state index contributed by atoms with van der Waals surface area (Å²) in [5.74, 6) is 0. The number of pyridine rings is 1. The van der Waals surface area contributed by atoms with Crippen LogP contribution in [0.2, 0.25) is 0 Å². The molecule has 1 heterocycles. The van der Waals surface area contributed by atoms with E-state index in [1.54, 1.807) is 12.3 Å². The van der Waals surface area contributed by atoms with Gasteiger partial charge in [0, 0.05) is 17.0 Å². The van der Waals surface area contributed by atoms with Crippen LogP contribution in [0.25, 0.3) is 21.7 Å². The smallest absolute Gasteiger partial charge is 0.195 e. The fourth-order valence-electron chi connectivity index (χ4n) is 2.07. The van der Waals surface area contributed by atoms with E-state index in [1.165, 1.54) is 0 Å². The number of hydrogen-bond donors (Lipinski definition) is 0. The molecule has 17 heavy (non-hydrogen) atoms. The van der Waals surface area contributed by atoms with Crippen molar-refractivity contribution in [3.05, 3.63) is 64.4 Å². The Kier molecular flexibility index (Phi) is 2.15. The molecule has 0 atom stereocenters. The van der Waals surface area contributed by atoms with Gasteiger partial charge < -0.3 is 0 Å². The Morgan fingerprint density at radius 2 is 1.82 bits per heavy atom. The summed E-state index contributed by atoms with van der Waals surface area (Å²) in [7, 11) is 0. The Hall–Kier alpha value is -2.22. The highest BCUT2D eigenvalue weighted by Gasteiger charge is 2.02. The van der Waals surface area contributed by atoms with Gasteiger partial charge in [-0.05, 0) is 36.6 Å². The summed E-state index contributed by atoms with van der Waals surface area (Å²) >= 11 is 0. The highest BCUT2D eigenvalue weighted by Crippen LogP contribution is 2.14. The average Bonchev–Trinajstić information content (AvgIpc) is 2.49. The van der Waals surface area contributed by atoms with Gasteiger partial charge in [0.05, 0.1) is 5.52 Å². The van der Waals surface area contributed by atoms with Crippen molar-refractivity contribution in [3.8, 4) is 0 Å².